The molecule has 1 fully saturated rings. The van der Waals surface area contributed by atoms with Crippen molar-refractivity contribution in [1.82, 2.24) is 19.3 Å². The molecule has 7 heteroatoms. The van der Waals surface area contributed by atoms with Crippen molar-refractivity contribution in [3.63, 3.8) is 0 Å². The molecule has 0 bridgehead atoms. The van der Waals surface area contributed by atoms with E-state index in [2.05, 4.69) is 9.97 Å². The molecule has 180 valence electrons. The zero-order valence-electron chi connectivity index (χ0n) is 20.1. The number of nitrogens with one attached hydrogen (secondary N) is 1. The van der Waals surface area contributed by atoms with E-state index in [-0.39, 0.29) is 11.3 Å². The molecule has 1 aliphatic carbocycles. The predicted octanol–water partition coefficient (Wildman–Crippen LogP) is 6.67. The van der Waals surface area contributed by atoms with Gasteiger partial charge in [-0.3, -0.25) is 9.30 Å². The van der Waals surface area contributed by atoms with Gasteiger partial charge in [-0.2, -0.15) is 13.2 Å². The third kappa shape index (κ3) is 3.35. The maximum Gasteiger partial charge on any atom is 0.416 e. The summed E-state index contributed by atoms with van der Waals surface area (Å²) in [4.78, 5) is 9.58. The van der Waals surface area contributed by atoms with Crippen molar-refractivity contribution in [2.45, 2.75) is 58.7 Å². The van der Waals surface area contributed by atoms with Crippen LogP contribution in [-0.4, -0.2) is 38.5 Å². The topological polar surface area (TPSA) is 36.3 Å². The second kappa shape index (κ2) is 8.15. The average molecular weight is 469 g/mol. The summed E-state index contributed by atoms with van der Waals surface area (Å²) in [5.74, 6) is 0.749. The molecule has 0 amide bonds. The Hall–Kier alpha value is -2.80. The molecule has 34 heavy (non-hydrogen) atoms. The summed E-state index contributed by atoms with van der Waals surface area (Å²) in [6, 6.07) is 12.3. The SMILES string of the molecule is CCCN(CC1CC1)C(c1ccccc1)(c1c(C)[nH]c2nc3ccc(C)c(C)c3n12)C(F)(F)F. The minimum Gasteiger partial charge on any atom is -0.327 e. The predicted molar refractivity (Wildman–Crippen MR) is 129 cm³/mol. The molecule has 2 heterocycles. The number of hydrogen-bond donors (Lipinski definition) is 1. The summed E-state index contributed by atoms with van der Waals surface area (Å²) in [6.07, 6.45) is -1.97. The number of benzene rings is 2. The van der Waals surface area contributed by atoms with Crippen molar-refractivity contribution in [2.75, 3.05) is 13.1 Å². The van der Waals surface area contributed by atoms with Gasteiger partial charge < -0.3 is 4.98 Å². The minimum absolute atomic E-state index is 0.214. The van der Waals surface area contributed by atoms with Crippen molar-refractivity contribution >= 4 is 16.8 Å². The molecule has 1 N–H and O–H groups in total. The lowest BCUT2D eigenvalue weighted by Gasteiger charge is -2.45. The highest BCUT2D eigenvalue weighted by Gasteiger charge is 2.63. The van der Waals surface area contributed by atoms with E-state index in [9.17, 15) is 0 Å². The quantitative estimate of drug-likeness (QED) is 0.329. The van der Waals surface area contributed by atoms with Crippen LogP contribution in [0.25, 0.3) is 16.8 Å². The summed E-state index contributed by atoms with van der Waals surface area (Å²) in [7, 11) is 0. The zero-order chi connectivity index (χ0) is 24.3. The standard InChI is InChI=1S/C27H31F3N4/c1-5-15-33(16-20-12-13-20)26(27(28,29)30,21-9-7-6-8-10-21)24-19(4)31-25-32-22-14-11-17(2)18(3)23(22)34(24)25/h6-11,14,20H,5,12-13,15-16H2,1-4H3,(H,31,32). The first kappa shape index (κ1) is 23.0. The molecule has 0 aliphatic heterocycles. The van der Waals surface area contributed by atoms with Crippen molar-refractivity contribution < 1.29 is 13.2 Å². The highest BCUT2D eigenvalue weighted by atomic mass is 19.4. The Kier molecular flexibility index (Phi) is 5.51. The third-order valence-electron chi connectivity index (χ3n) is 7.31. The Labute approximate surface area is 197 Å². The van der Waals surface area contributed by atoms with Crippen LogP contribution in [0, 0.1) is 26.7 Å². The number of halogens is 3. The van der Waals surface area contributed by atoms with Crippen LogP contribution in [-0.2, 0) is 5.54 Å². The molecular weight excluding hydrogens is 437 g/mol. The molecule has 4 aromatic rings. The molecule has 2 aromatic carbocycles. The van der Waals surface area contributed by atoms with Gasteiger partial charge in [-0.15, -0.1) is 0 Å². The van der Waals surface area contributed by atoms with Crippen molar-refractivity contribution in [1.29, 1.82) is 0 Å². The monoisotopic (exact) mass is 468 g/mol. The molecule has 1 atom stereocenters. The number of imidazole rings is 2. The van der Waals surface area contributed by atoms with Gasteiger partial charge in [-0.1, -0.05) is 43.3 Å². The van der Waals surface area contributed by atoms with Gasteiger partial charge in [0.05, 0.1) is 16.7 Å². The van der Waals surface area contributed by atoms with Gasteiger partial charge in [0.1, 0.15) is 0 Å². The summed E-state index contributed by atoms with van der Waals surface area (Å²) in [5.41, 5.74) is 2.05. The lowest BCUT2D eigenvalue weighted by atomic mass is 9.82. The summed E-state index contributed by atoms with van der Waals surface area (Å²) in [5, 5.41) is 0. The van der Waals surface area contributed by atoms with Gasteiger partial charge in [0.15, 0.2) is 5.54 Å². The van der Waals surface area contributed by atoms with Crippen LogP contribution in [0.15, 0.2) is 42.5 Å². The van der Waals surface area contributed by atoms with E-state index in [1.54, 1.807) is 46.6 Å². The third-order valence-corrected chi connectivity index (χ3v) is 7.31. The largest absolute Gasteiger partial charge is 0.416 e. The number of H-pyrrole nitrogens is 1. The Morgan fingerprint density at radius 3 is 2.38 bits per heavy atom. The normalized spacial score (nSPS) is 16.6. The second-order valence-electron chi connectivity index (χ2n) is 9.71. The fourth-order valence-electron chi connectivity index (χ4n) is 5.46. The van der Waals surface area contributed by atoms with E-state index < -0.39 is 11.7 Å². The van der Waals surface area contributed by atoms with Gasteiger partial charge in [-0.25, -0.2) is 4.98 Å². The number of nitrogens with zero attached hydrogens (tertiary/aromatic N) is 3. The van der Waals surface area contributed by atoms with Gasteiger partial charge in [-0.05, 0) is 75.3 Å². The van der Waals surface area contributed by atoms with Crippen molar-refractivity contribution in [2.24, 2.45) is 5.92 Å². The molecule has 0 saturated heterocycles. The molecule has 2 aromatic heterocycles. The lowest BCUT2D eigenvalue weighted by Crippen LogP contribution is -2.58. The molecule has 0 radical (unpaired) electrons. The van der Waals surface area contributed by atoms with Gasteiger partial charge in [0, 0.05) is 12.2 Å². The van der Waals surface area contributed by atoms with Crippen LogP contribution in [0.4, 0.5) is 13.2 Å². The average Bonchev–Trinajstić information content (AvgIpc) is 3.45. The van der Waals surface area contributed by atoms with E-state index in [4.69, 9.17) is 0 Å². The molecule has 0 spiro atoms. The fourth-order valence-corrected chi connectivity index (χ4v) is 5.46. The van der Waals surface area contributed by atoms with Crippen molar-refractivity contribution in [3.05, 3.63) is 70.5 Å². The number of alkyl halides is 3. The van der Waals surface area contributed by atoms with Crippen LogP contribution < -0.4 is 0 Å². The smallest absolute Gasteiger partial charge is 0.327 e. The first-order chi connectivity index (χ1) is 16.2. The van der Waals surface area contributed by atoms with E-state index >= 15 is 13.2 Å². The van der Waals surface area contributed by atoms with E-state index in [0.717, 1.165) is 29.5 Å². The summed E-state index contributed by atoms with van der Waals surface area (Å²) < 4.78 is 49.1. The summed E-state index contributed by atoms with van der Waals surface area (Å²) >= 11 is 0. The Balaban J connectivity index is 1.95. The number of hydrogen-bond acceptors (Lipinski definition) is 2. The number of aromatic nitrogens is 3. The van der Waals surface area contributed by atoms with E-state index in [0.29, 0.717) is 42.4 Å². The van der Waals surface area contributed by atoms with Crippen LogP contribution in [0.1, 0.15) is 54.3 Å². The zero-order valence-corrected chi connectivity index (χ0v) is 20.1. The van der Waals surface area contributed by atoms with Gasteiger partial charge in [0.25, 0.3) is 0 Å². The first-order valence-electron chi connectivity index (χ1n) is 12.0. The molecule has 4 nitrogen and oxygen atoms in total. The maximum absolute atomic E-state index is 15.8. The number of rotatable bonds is 7. The van der Waals surface area contributed by atoms with Crippen LogP contribution in [0.3, 0.4) is 0 Å². The first-order valence-corrected chi connectivity index (χ1v) is 12.0. The van der Waals surface area contributed by atoms with Gasteiger partial charge >= 0.3 is 6.18 Å². The minimum atomic E-state index is -4.56. The van der Waals surface area contributed by atoms with Crippen LogP contribution >= 0.6 is 0 Å². The lowest BCUT2D eigenvalue weighted by molar-refractivity contribution is -0.225. The molecule has 1 unspecified atom stereocenters. The summed E-state index contributed by atoms with van der Waals surface area (Å²) in [6.45, 7) is 8.40. The Bertz CT molecular complexity index is 1330. The fraction of sp³-hybridized carbons (Fsp3) is 0.444. The molecule has 1 aliphatic rings. The highest BCUT2D eigenvalue weighted by Crippen LogP contribution is 2.52. The Morgan fingerprint density at radius 1 is 1.06 bits per heavy atom. The molecule has 1 saturated carbocycles. The number of aryl methyl sites for hydroxylation is 3. The van der Waals surface area contributed by atoms with E-state index in [1.807, 2.05) is 32.9 Å². The van der Waals surface area contributed by atoms with Gasteiger partial charge in [0.2, 0.25) is 5.78 Å². The van der Waals surface area contributed by atoms with Crippen LogP contribution in [0.2, 0.25) is 0 Å². The van der Waals surface area contributed by atoms with Crippen molar-refractivity contribution in [3.8, 4) is 0 Å². The van der Waals surface area contributed by atoms with Crippen LogP contribution in [0.5, 0.6) is 0 Å². The maximum atomic E-state index is 15.8. The highest BCUT2D eigenvalue weighted by molar-refractivity contribution is 5.84. The molecular formula is C27H31F3N4. The van der Waals surface area contributed by atoms with E-state index in [1.165, 1.54) is 0 Å². The Morgan fingerprint density at radius 2 is 1.76 bits per heavy atom. The number of fused-ring (bicyclic) bond motifs is 3. The second-order valence-corrected chi connectivity index (χ2v) is 9.71. The molecule has 5 rings (SSSR count). The number of aromatic amines is 1.